The lowest BCUT2D eigenvalue weighted by Crippen LogP contribution is -2.37. The first kappa shape index (κ1) is 27.9. The number of hydrogen-bond acceptors (Lipinski definition) is 4. The lowest BCUT2D eigenvalue weighted by atomic mass is 9.80. The number of alkyl halides is 1. The van der Waals surface area contributed by atoms with Gasteiger partial charge in [0.2, 0.25) is 0 Å². The molecule has 1 N–H and O–H groups in total. The summed E-state index contributed by atoms with van der Waals surface area (Å²) in [6.07, 6.45) is -1.79. The maximum Gasteiger partial charge on any atom is 0.330 e. The lowest BCUT2D eigenvalue weighted by molar-refractivity contribution is -0.0868. The van der Waals surface area contributed by atoms with Gasteiger partial charge in [-0.2, -0.15) is 0 Å². The Hall–Kier alpha value is -2.61. The summed E-state index contributed by atoms with van der Waals surface area (Å²) < 4.78 is 31.9. The minimum atomic E-state index is -1.38. The summed E-state index contributed by atoms with van der Waals surface area (Å²) in [6.45, 7) is -0.0630. The van der Waals surface area contributed by atoms with Crippen LogP contribution in [0, 0.1) is 0 Å². The van der Waals surface area contributed by atoms with Crippen LogP contribution in [0.15, 0.2) is 111 Å². The van der Waals surface area contributed by atoms with Crippen molar-refractivity contribution in [2.75, 3.05) is 6.61 Å². The number of ether oxygens (including phenoxy) is 2. The van der Waals surface area contributed by atoms with Gasteiger partial charge in [0.15, 0.2) is 0 Å². The number of halogens is 3. The molecule has 0 amide bonds. The van der Waals surface area contributed by atoms with Gasteiger partial charge in [0.1, 0.15) is 24.1 Å². The molecule has 39 heavy (non-hydrogen) atoms. The highest BCUT2D eigenvalue weighted by Crippen LogP contribution is 2.41. The van der Waals surface area contributed by atoms with Crippen LogP contribution in [0.5, 0.6) is 0 Å². The van der Waals surface area contributed by atoms with E-state index < -0.39 is 35.4 Å². The molecule has 0 radical (unpaired) electrons. The normalized spacial score (nSPS) is 19.8. The van der Waals surface area contributed by atoms with Gasteiger partial charge in [-0.05, 0) is 43.4 Å². The van der Waals surface area contributed by atoms with Crippen molar-refractivity contribution in [1.29, 1.82) is 0 Å². The van der Waals surface area contributed by atoms with Crippen LogP contribution in [0.1, 0.15) is 34.9 Å². The zero-order chi connectivity index (χ0) is 27.4. The second-order valence-electron chi connectivity index (χ2n) is 9.14. The van der Waals surface area contributed by atoms with Gasteiger partial charge >= 0.3 is 5.69 Å². The summed E-state index contributed by atoms with van der Waals surface area (Å²) in [6, 6.07) is 29.5. The molecule has 1 saturated heterocycles. The van der Waals surface area contributed by atoms with Crippen molar-refractivity contribution in [3.8, 4) is 0 Å². The Bertz CT molecular complexity index is 1460. The number of rotatable bonds is 8. The Morgan fingerprint density at radius 3 is 1.97 bits per heavy atom. The fourth-order valence-corrected chi connectivity index (χ4v) is 5.63. The third-order valence-electron chi connectivity index (χ3n) is 6.80. The van der Waals surface area contributed by atoms with Gasteiger partial charge in [-0.3, -0.25) is 14.3 Å². The van der Waals surface area contributed by atoms with Gasteiger partial charge in [0.05, 0.1) is 12.2 Å². The molecule has 4 aromatic rings. The van der Waals surface area contributed by atoms with Crippen LogP contribution in [0.4, 0.5) is 4.39 Å². The van der Waals surface area contributed by atoms with E-state index in [1.54, 1.807) is 4.08 Å². The summed E-state index contributed by atoms with van der Waals surface area (Å²) in [5.41, 5.74) is 0.847. The van der Waals surface area contributed by atoms with Crippen molar-refractivity contribution >= 4 is 48.8 Å². The maximum absolute atomic E-state index is 15.4. The van der Waals surface area contributed by atoms with Crippen molar-refractivity contribution in [3.63, 3.8) is 0 Å². The van der Waals surface area contributed by atoms with Crippen LogP contribution in [0.3, 0.4) is 0 Å². The first-order valence-corrected chi connectivity index (χ1v) is 14.7. The zero-order valence-corrected chi connectivity index (χ0v) is 25.0. The number of hydrogen-bond donors (Lipinski definition) is 1. The predicted molar refractivity (Wildman–Crippen MR) is 166 cm³/mol. The molecule has 0 saturated carbocycles. The monoisotopic (exact) mass is 750 g/mol. The Kier molecular flexibility index (Phi) is 8.79. The molecule has 1 fully saturated rings. The Morgan fingerprint density at radius 2 is 1.49 bits per heavy atom. The van der Waals surface area contributed by atoms with Gasteiger partial charge in [-0.1, -0.05) is 114 Å². The molecule has 0 spiro atoms. The lowest BCUT2D eigenvalue weighted by Gasteiger charge is -2.36. The molecule has 3 atom stereocenters. The fourth-order valence-electron chi connectivity index (χ4n) is 4.91. The Morgan fingerprint density at radius 1 is 0.974 bits per heavy atom. The van der Waals surface area contributed by atoms with Crippen LogP contribution in [-0.4, -0.2) is 28.4 Å². The zero-order valence-electron chi connectivity index (χ0n) is 20.7. The minimum Gasteiger partial charge on any atom is -0.358 e. The van der Waals surface area contributed by atoms with E-state index in [4.69, 9.17) is 9.47 Å². The van der Waals surface area contributed by atoms with Gasteiger partial charge in [-0.15, -0.1) is 0 Å². The van der Waals surface area contributed by atoms with Gasteiger partial charge in [-0.25, -0.2) is 9.18 Å². The van der Waals surface area contributed by atoms with Crippen LogP contribution < -0.4 is 11.2 Å². The molecule has 0 bridgehead atoms. The molecule has 3 aromatic carbocycles. The number of aromatic amines is 1. The molecule has 9 heteroatoms. The highest BCUT2D eigenvalue weighted by atomic mass is 127. The molecule has 2 heterocycles. The van der Waals surface area contributed by atoms with Gasteiger partial charge in [0.25, 0.3) is 5.56 Å². The van der Waals surface area contributed by atoms with E-state index in [2.05, 4.69) is 4.98 Å². The third kappa shape index (κ3) is 5.67. The number of H-pyrrole nitrogens is 1. The highest BCUT2D eigenvalue weighted by Gasteiger charge is 2.42. The number of nitrogens with one attached hydrogen (secondary N) is 1. The van der Waals surface area contributed by atoms with E-state index >= 15 is 4.39 Å². The number of benzene rings is 3. The van der Waals surface area contributed by atoms with E-state index in [-0.39, 0.29) is 13.0 Å². The van der Waals surface area contributed by atoms with Crippen LogP contribution in [0.2, 0.25) is 0 Å². The summed E-state index contributed by atoms with van der Waals surface area (Å²) in [5.74, 6) is 0. The molecule has 6 nitrogen and oxygen atoms in total. The van der Waals surface area contributed by atoms with E-state index in [0.717, 1.165) is 16.7 Å². The maximum atomic E-state index is 15.4. The Labute approximate surface area is 252 Å². The predicted octanol–water partition coefficient (Wildman–Crippen LogP) is 6.34. The van der Waals surface area contributed by atoms with Crippen LogP contribution in [0.25, 0.3) is 3.58 Å². The topological polar surface area (TPSA) is 73.3 Å². The smallest absolute Gasteiger partial charge is 0.330 e. The molecule has 1 aliphatic heterocycles. The van der Waals surface area contributed by atoms with Crippen molar-refractivity contribution < 1.29 is 13.9 Å². The van der Waals surface area contributed by atoms with Crippen LogP contribution in [-0.2, 0) is 15.1 Å². The Balaban J connectivity index is 1.49. The molecule has 3 unspecified atom stereocenters. The highest BCUT2D eigenvalue weighted by molar-refractivity contribution is 14.1. The standard InChI is InChI=1S/C30H25FI2N2O4/c31-24-16-27(35-18-23(25(33)17-32)28(36)34-29(35)37)39-26(24)19-38-30(20-10-4-1-5-11-20,21-12-6-2-7-13-21)22-14-8-3-9-15-22/h1-15,17-18,24,26-27H,16,19H2,(H,34,36,37)/b25-17-. The second-order valence-corrected chi connectivity index (χ2v) is 10.9. The summed E-state index contributed by atoms with van der Waals surface area (Å²) in [5, 5.41) is 0. The molecule has 0 aliphatic carbocycles. The fraction of sp³-hybridized carbons (Fsp3) is 0.200. The SMILES string of the molecule is O=c1[nH]c(=O)n(C2CC(F)C(COC(c3ccccc3)(c3ccccc3)c3ccccc3)O2)cc1/C(I)=C/I. The summed E-state index contributed by atoms with van der Waals surface area (Å²) >= 11 is 4.04. The van der Waals surface area contributed by atoms with E-state index in [0.29, 0.717) is 9.14 Å². The summed E-state index contributed by atoms with van der Waals surface area (Å²) in [4.78, 5) is 27.2. The minimum absolute atomic E-state index is 0.0427. The molecule has 5 rings (SSSR count). The van der Waals surface area contributed by atoms with Crippen molar-refractivity contribution in [2.24, 2.45) is 0 Å². The molecule has 1 aliphatic rings. The second kappa shape index (κ2) is 12.3. The van der Waals surface area contributed by atoms with Gasteiger partial charge in [0, 0.05) is 16.2 Å². The molecular formula is C30H25FI2N2O4. The van der Waals surface area contributed by atoms with E-state index in [1.165, 1.54) is 10.8 Å². The van der Waals surface area contributed by atoms with E-state index in [1.807, 2.05) is 136 Å². The summed E-state index contributed by atoms with van der Waals surface area (Å²) in [7, 11) is 0. The van der Waals surface area contributed by atoms with Crippen molar-refractivity contribution in [3.05, 3.63) is 144 Å². The van der Waals surface area contributed by atoms with E-state index in [9.17, 15) is 9.59 Å². The number of nitrogens with zero attached hydrogens (tertiary/aromatic N) is 1. The average Bonchev–Trinajstić information content (AvgIpc) is 3.34. The largest absolute Gasteiger partial charge is 0.358 e. The average molecular weight is 750 g/mol. The van der Waals surface area contributed by atoms with Crippen molar-refractivity contribution in [2.45, 2.75) is 30.5 Å². The molecule has 200 valence electrons. The van der Waals surface area contributed by atoms with Gasteiger partial charge < -0.3 is 9.47 Å². The quantitative estimate of drug-likeness (QED) is 0.169. The number of aromatic nitrogens is 2. The molecule has 1 aromatic heterocycles. The third-order valence-corrected chi connectivity index (χ3v) is 9.51. The van der Waals surface area contributed by atoms with Crippen LogP contribution >= 0.6 is 45.2 Å². The first-order chi connectivity index (χ1) is 18.9. The molecular weight excluding hydrogens is 725 g/mol. The van der Waals surface area contributed by atoms with Crippen molar-refractivity contribution in [1.82, 2.24) is 9.55 Å². The first-order valence-electron chi connectivity index (χ1n) is 12.4.